The first-order valence-electron chi connectivity index (χ1n) is 8.67. The van der Waals surface area contributed by atoms with E-state index in [1.165, 1.54) is 16.4 Å². The molecular weight excluding hydrogens is 360 g/mol. The van der Waals surface area contributed by atoms with Crippen molar-refractivity contribution in [3.8, 4) is 0 Å². The van der Waals surface area contributed by atoms with E-state index in [0.717, 1.165) is 31.5 Å². The summed E-state index contributed by atoms with van der Waals surface area (Å²) in [7, 11) is -3.90. The lowest BCUT2D eigenvalue weighted by atomic mass is 10.0. The number of carbonyl (C=O) groups excluding carboxylic acids is 1. The number of sulfonamides is 1. The zero-order chi connectivity index (χ0) is 18.7. The molecule has 0 saturated carbocycles. The lowest BCUT2D eigenvalue weighted by molar-refractivity contribution is -0.384. The van der Waals surface area contributed by atoms with Gasteiger partial charge in [-0.1, -0.05) is 6.42 Å². The number of nitrogens with zero attached hydrogens (tertiary/aromatic N) is 2. The van der Waals surface area contributed by atoms with Crippen molar-refractivity contribution in [2.45, 2.75) is 42.7 Å². The van der Waals surface area contributed by atoms with E-state index in [1.807, 2.05) is 0 Å². The number of benzene rings is 1. The fourth-order valence-corrected chi connectivity index (χ4v) is 5.06. The third kappa shape index (κ3) is 3.87. The minimum absolute atomic E-state index is 0.0216. The van der Waals surface area contributed by atoms with Gasteiger partial charge in [-0.15, -0.1) is 0 Å². The van der Waals surface area contributed by atoms with E-state index in [2.05, 4.69) is 10.6 Å². The van der Waals surface area contributed by atoms with Crippen LogP contribution in [0.3, 0.4) is 0 Å². The third-order valence-corrected chi connectivity index (χ3v) is 6.74. The van der Waals surface area contributed by atoms with E-state index >= 15 is 0 Å². The summed E-state index contributed by atoms with van der Waals surface area (Å²) in [5.74, 6) is -0.274. The van der Waals surface area contributed by atoms with Gasteiger partial charge in [0, 0.05) is 31.3 Å². The number of nitrogens with one attached hydrogen (secondary N) is 2. The highest BCUT2D eigenvalue weighted by Crippen LogP contribution is 2.27. The number of hydrogen-bond donors (Lipinski definition) is 2. The van der Waals surface area contributed by atoms with E-state index < -0.39 is 21.0 Å². The zero-order valence-corrected chi connectivity index (χ0v) is 15.1. The van der Waals surface area contributed by atoms with Crippen molar-refractivity contribution in [1.82, 2.24) is 14.9 Å². The van der Waals surface area contributed by atoms with Crippen LogP contribution in [0.15, 0.2) is 29.2 Å². The quantitative estimate of drug-likeness (QED) is 0.569. The van der Waals surface area contributed by atoms with Gasteiger partial charge in [0.05, 0.1) is 9.82 Å². The first-order valence-corrected chi connectivity index (χ1v) is 10.1. The second-order valence-corrected chi connectivity index (χ2v) is 8.47. The normalized spacial score (nSPS) is 24.3. The fourth-order valence-electron chi connectivity index (χ4n) is 3.41. The molecule has 0 radical (unpaired) electrons. The number of amides is 1. The van der Waals surface area contributed by atoms with Gasteiger partial charge in [0.1, 0.15) is 6.04 Å². The summed E-state index contributed by atoms with van der Waals surface area (Å²) in [6, 6.07) is 4.04. The Balaban J connectivity index is 1.80. The zero-order valence-electron chi connectivity index (χ0n) is 14.3. The average Bonchev–Trinajstić information content (AvgIpc) is 3.14. The Bertz CT molecular complexity index is 774. The largest absolute Gasteiger partial charge is 0.351 e. The highest BCUT2D eigenvalue weighted by Gasteiger charge is 2.38. The molecule has 26 heavy (non-hydrogen) atoms. The van der Waals surface area contributed by atoms with Crippen molar-refractivity contribution >= 4 is 21.6 Å². The molecule has 10 heteroatoms. The SMILES string of the molecule is O=C(NC1CCNC1)C1CCCCN1S(=O)(=O)c1ccc([N+](=O)[O-])cc1. The van der Waals surface area contributed by atoms with Gasteiger partial charge in [-0.05, 0) is 37.9 Å². The molecule has 2 saturated heterocycles. The van der Waals surface area contributed by atoms with Crippen LogP contribution in [-0.4, -0.2) is 55.3 Å². The molecular formula is C16H22N4O5S. The molecule has 2 N–H and O–H groups in total. The molecule has 2 fully saturated rings. The molecule has 2 heterocycles. The molecule has 1 aromatic rings. The van der Waals surface area contributed by atoms with Crippen molar-refractivity contribution in [2.75, 3.05) is 19.6 Å². The maximum absolute atomic E-state index is 13.0. The number of hydrogen-bond acceptors (Lipinski definition) is 6. The molecule has 142 valence electrons. The molecule has 2 atom stereocenters. The molecule has 0 aromatic heterocycles. The maximum atomic E-state index is 13.0. The van der Waals surface area contributed by atoms with Crippen LogP contribution in [0.2, 0.25) is 0 Å². The lowest BCUT2D eigenvalue weighted by Gasteiger charge is -2.34. The van der Waals surface area contributed by atoms with Crippen LogP contribution in [0, 0.1) is 10.1 Å². The highest BCUT2D eigenvalue weighted by atomic mass is 32.2. The molecule has 1 amide bonds. The summed E-state index contributed by atoms with van der Waals surface area (Å²) in [4.78, 5) is 22.8. The minimum atomic E-state index is -3.90. The first kappa shape index (κ1) is 18.7. The van der Waals surface area contributed by atoms with Crippen LogP contribution in [0.5, 0.6) is 0 Å². The molecule has 9 nitrogen and oxygen atoms in total. The third-order valence-electron chi connectivity index (χ3n) is 4.82. The van der Waals surface area contributed by atoms with Crippen LogP contribution in [0.25, 0.3) is 0 Å². The summed E-state index contributed by atoms with van der Waals surface area (Å²) in [6.45, 7) is 1.79. The second kappa shape index (κ2) is 7.68. The molecule has 3 rings (SSSR count). The summed E-state index contributed by atoms with van der Waals surface area (Å²) in [6.07, 6.45) is 2.76. The Morgan fingerprint density at radius 1 is 1.23 bits per heavy atom. The predicted molar refractivity (Wildman–Crippen MR) is 94.0 cm³/mol. The molecule has 2 aliphatic rings. The molecule has 2 aliphatic heterocycles. The van der Waals surface area contributed by atoms with E-state index in [4.69, 9.17) is 0 Å². The lowest BCUT2D eigenvalue weighted by Crippen LogP contribution is -2.53. The van der Waals surface area contributed by atoms with Crippen molar-refractivity contribution in [3.05, 3.63) is 34.4 Å². The van der Waals surface area contributed by atoms with Gasteiger partial charge in [-0.3, -0.25) is 14.9 Å². The van der Waals surface area contributed by atoms with Crippen molar-refractivity contribution in [3.63, 3.8) is 0 Å². The number of piperidine rings is 1. The van der Waals surface area contributed by atoms with Gasteiger partial charge in [-0.25, -0.2) is 8.42 Å². The van der Waals surface area contributed by atoms with Crippen molar-refractivity contribution < 1.29 is 18.1 Å². The molecule has 1 aromatic carbocycles. The van der Waals surface area contributed by atoms with Gasteiger partial charge < -0.3 is 10.6 Å². The standard InChI is InChI=1S/C16H22N4O5S/c21-16(18-12-8-9-17-11-12)15-3-1-2-10-19(15)26(24,25)14-6-4-13(5-7-14)20(22)23/h4-7,12,15,17H,1-3,8-11H2,(H,18,21). The molecule has 0 spiro atoms. The number of rotatable bonds is 5. The van der Waals surface area contributed by atoms with Crippen LogP contribution in [0.4, 0.5) is 5.69 Å². The van der Waals surface area contributed by atoms with Crippen molar-refractivity contribution in [2.24, 2.45) is 0 Å². The fraction of sp³-hybridized carbons (Fsp3) is 0.562. The van der Waals surface area contributed by atoms with Gasteiger partial charge in [0.2, 0.25) is 15.9 Å². The van der Waals surface area contributed by atoms with Crippen LogP contribution >= 0.6 is 0 Å². The Morgan fingerprint density at radius 2 is 1.96 bits per heavy atom. The number of nitro benzene ring substituents is 1. The summed E-state index contributed by atoms with van der Waals surface area (Å²) < 4.78 is 27.2. The number of nitro groups is 1. The summed E-state index contributed by atoms with van der Waals surface area (Å²) >= 11 is 0. The van der Waals surface area contributed by atoms with Gasteiger partial charge >= 0.3 is 0 Å². The predicted octanol–water partition coefficient (Wildman–Crippen LogP) is 0.616. The molecule has 2 unspecified atom stereocenters. The summed E-state index contributed by atoms with van der Waals surface area (Å²) in [5, 5.41) is 16.8. The molecule has 0 bridgehead atoms. The van der Waals surface area contributed by atoms with Crippen LogP contribution < -0.4 is 10.6 Å². The Labute approximate surface area is 152 Å². The Kier molecular flexibility index (Phi) is 5.54. The monoisotopic (exact) mass is 382 g/mol. The maximum Gasteiger partial charge on any atom is 0.269 e. The average molecular weight is 382 g/mol. The highest BCUT2D eigenvalue weighted by molar-refractivity contribution is 7.89. The van der Waals surface area contributed by atoms with E-state index in [0.29, 0.717) is 19.4 Å². The Hall–Kier alpha value is -2.04. The first-order chi connectivity index (χ1) is 12.4. The smallest absolute Gasteiger partial charge is 0.269 e. The topological polar surface area (TPSA) is 122 Å². The van der Waals surface area contributed by atoms with Gasteiger partial charge in [0.15, 0.2) is 0 Å². The number of carbonyl (C=O) groups is 1. The van der Waals surface area contributed by atoms with E-state index in [9.17, 15) is 23.3 Å². The Morgan fingerprint density at radius 3 is 2.58 bits per heavy atom. The van der Waals surface area contributed by atoms with E-state index in [1.54, 1.807) is 0 Å². The minimum Gasteiger partial charge on any atom is -0.351 e. The van der Waals surface area contributed by atoms with Gasteiger partial charge in [-0.2, -0.15) is 4.31 Å². The second-order valence-electron chi connectivity index (χ2n) is 6.58. The molecule has 0 aliphatic carbocycles. The van der Waals surface area contributed by atoms with Gasteiger partial charge in [0.25, 0.3) is 5.69 Å². The number of non-ortho nitro benzene ring substituents is 1. The summed E-state index contributed by atoms with van der Waals surface area (Å²) in [5.41, 5.74) is -0.175. The van der Waals surface area contributed by atoms with Crippen LogP contribution in [0.1, 0.15) is 25.7 Å². The van der Waals surface area contributed by atoms with Crippen molar-refractivity contribution in [1.29, 1.82) is 0 Å². The van der Waals surface area contributed by atoms with E-state index in [-0.39, 0.29) is 29.1 Å². The van der Waals surface area contributed by atoms with Crippen LogP contribution in [-0.2, 0) is 14.8 Å².